The summed E-state index contributed by atoms with van der Waals surface area (Å²) in [7, 11) is 0. The van der Waals surface area contributed by atoms with E-state index in [-0.39, 0.29) is 6.29 Å². The molecule has 12 heavy (non-hydrogen) atoms. The third kappa shape index (κ3) is 1.42. The monoisotopic (exact) mass is 231 g/mol. The Morgan fingerprint density at radius 2 is 2.08 bits per heavy atom. The van der Waals surface area contributed by atoms with Crippen molar-refractivity contribution < 1.29 is 9.47 Å². The molecule has 2 heterocycles. The Morgan fingerprint density at radius 1 is 1.33 bits per heavy atom. The number of rotatable bonds is 1. The van der Waals surface area contributed by atoms with Gasteiger partial charge in [-0.2, -0.15) is 0 Å². The summed E-state index contributed by atoms with van der Waals surface area (Å²) in [6.07, 6.45) is 7.48. The van der Waals surface area contributed by atoms with Crippen molar-refractivity contribution in [2.45, 2.75) is 10.7 Å². The van der Waals surface area contributed by atoms with Gasteiger partial charge in [0.15, 0.2) is 10.7 Å². The Labute approximate surface area is 79.5 Å². The Balaban J connectivity index is 2.09. The molecule has 1 fully saturated rings. The van der Waals surface area contributed by atoms with E-state index in [1.807, 2.05) is 24.4 Å². The van der Waals surface area contributed by atoms with Gasteiger partial charge in [0.05, 0.1) is 13.2 Å². The lowest BCUT2D eigenvalue weighted by molar-refractivity contribution is -0.0615. The van der Waals surface area contributed by atoms with Crippen LogP contribution in [0, 0.1) is 0 Å². The van der Waals surface area contributed by atoms with E-state index in [1.54, 1.807) is 0 Å². The normalized spacial score (nSPS) is 35.4. The molecular formula is C8H10BrNO2. The maximum absolute atomic E-state index is 5.38. The number of nitrogens with one attached hydrogen (secondary N) is 1. The molecule has 0 bridgehead atoms. The van der Waals surface area contributed by atoms with Crippen molar-refractivity contribution in [1.29, 1.82) is 0 Å². The molecule has 0 spiro atoms. The van der Waals surface area contributed by atoms with Gasteiger partial charge in [0, 0.05) is 0 Å². The number of allylic oxidation sites excluding steroid dienone is 2. The summed E-state index contributed by atoms with van der Waals surface area (Å²) in [6.45, 7) is 1.33. The molecule has 1 unspecified atom stereocenters. The summed E-state index contributed by atoms with van der Waals surface area (Å²) < 4.78 is 10.4. The van der Waals surface area contributed by atoms with E-state index in [1.165, 1.54) is 0 Å². The lowest BCUT2D eigenvalue weighted by Crippen LogP contribution is -2.46. The smallest absolute Gasteiger partial charge is 0.194 e. The van der Waals surface area contributed by atoms with Gasteiger partial charge in [-0.05, 0) is 18.4 Å². The summed E-state index contributed by atoms with van der Waals surface area (Å²) in [5, 5.41) is 3.14. The molecule has 0 radical (unpaired) electrons. The second-order valence-corrected chi connectivity index (χ2v) is 4.02. The highest BCUT2D eigenvalue weighted by Gasteiger charge is 2.38. The second-order valence-electron chi connectivity index (χ2n) is 2.70. The molecule has 1 saturated heterocycles. The zero-order valence-electron chi connectivity index (χ0n) is 6.50. The van der Waals surface area contributed by atoms with E-state index >= 15 is 0 Å². The van der Waals surface area contributed by atoms with Crippen molar-refractivity contribution >= 4 is 15.9 Å². The van der Waals surface area contributed by atoms with Crippen LogP contribution in [0.3, 0.4) is 0 Å². The van der Waals surface area contributed by atoms with Crippen LogP contribution in [0.5, 0.6) is 0 Å². The summed E-state index contributed by atoms with van der Waals surface area (Å²) >= 11 is 3.52. The zero-order valence-corrected chi connectivity index (χ0v) is 8.08. The Morgan fingerprint density at radius 3 is 2.67 bits per heavy atom. The van der Waals surface area contributed by atoms with Gasteiger partial charge in [0.2, 0.25) is 0 Å². The minimum Gasteiger partial charge on any atom is -0.369 e. The second kappa shape index (κ2) is 3.20. The predicted molar refractivity (Wildman–Crippen MR) is 48.8 cm³/mol. The molecule has 2 aliphatic rings. The van der Waals surface area contributed by atoms with E-state index < -0.39 is 4.45 Å². The molecule has 0 saturated carbocycles. The van der Waals surface area contributed by atoms with Crippen LogP contribution in [0.4, 0.5) is 0 Å². The van der Waals surface area contributed by atoms with Crippen LogP contribution in [0.15, 0.2) is 24.4 Å². The fourth-order valence-electron chi connectivity index (χ4n) is 1.22. The van der Waals surface area contributed by atoms with Crippen molar-refractivity contribution in [2.24, 2.45) is 0 Å². The van der Waals surface area contributed by atoms with Gasteiger partial charge in [0.25, 0.3) is 0 Å². The molecule has 2 aliphatic heterocycles. The third-order valence-electron chi connectivity index (χ3n) is 1.82. The van der Waals surface area contributed by atoms with Crippen LogP contribution >= 0.6 is 15.9 Å². The molecule has 3 nitrogen and oxygen atoms in total. The van der Waals surface area contributed by atoms with Gasteiger partial charge in [-0.25, -0.2) is 0 Å². The first-order valence-electron chi connectivity index (χ1n) is 3.85. The van der Waals surface area contributed by atoms with Crippen molar-refractivity contribution in [3.05, 3.63) is 24.4 Å². The third-order valence-corrected chi connectivity index (χ3v) is 2.68. The zero-order chi connectivity index (χ0) is 8.44. The number of dihydropyridines is 1. The number of hydrogen-bond acceptors (Lipinski definition) is 3. The van der Waals surface area contributed by atoms with E-state index in [2.05, 4.69) is 21.2 Å². The Bertz CT molecular complexity index is 223. The fourth-order valence-corrected chi connectivity index (χ4v) is 1.77. The molecule has 0 aromatic carbocycles. The van der Waals surface area contributed by atoms with Gasteiger partial charge >= 0.3 is 0 Å². The van der Waals surface area contributed by atoms with E-state index in [0.29, 0.717) is 13.2 Å². The van der Waals surface area contributed by atoms with Crippen molar-refractivity contribution in [3.8, 4) is 0 Å². The van der Waals surface area contributed by atoms with Crippen molar-refractivity contribution in [3.63, 3.8) is 0 Å². The summed E-state index contributed by atoms with van der Waals surface area (Å²) in [5.41, 5.74) is 0. The van der Waals surface area contributed by atoms with Crippen LogP contribution in [0.25, 0.3) is 0 Å². The number of halogens is 1. The molecule has 0 aromatic rings. The van der Waals surface area contributed by atoms with Gasteiger partial charge in [0.1, 0.15) is 0 Å². The number of alkyl halides is 1. The highest BCUT2D eigenvalue weighted by molar-refractivity contribution is 9.10. The Kier molecular flexibility index (Phi) is 2.21. The van der Waals surface area contributed by atoms with E-state index in [9.17, 15) is 0 Å². The van der Waals surface area contributed by atoms with Crippen LogP contribution in [0.2, 0.25) is 0 Å². The topological polar surface area (TPSA) is 30.5 Å². The van der Waals surface area contributed by atoms with Gasteiger partial charge in [-0.3, -0.25) is 0 Å². The van der Waals surface area contributed by atoms with Crippen LogP contribution in [0.1, 0.15) is 0 Å². The molecule has 0 amide bonds. The first-order valence-corrected chi connectivity index (χ1v) is 4.65. The maximum atomic E-state index is 5.38. The first kappa shape index (κ1) is 8.29. The molecule has 2 rings (SSSR count). The summed E-state index contributed by atoms with van der Waals surface area (Å²) in [4.78, 5) is 0. The number of ether oxygens (including phenoxy) is 2. The minimum atomic E-state index is -0.391. The Hall–Kier alpha value is -0.320. The summed E-state index contributed by atoms with van der Waals surface area (Å²) in [5.74, 6) is 0. The maximum Gasteiger partial charge on any atom is 0.194 e. The molecule has 0 aliphatic carbocycles. The standard InChI is InChI=1S/C8H10BrNO2/c9-8(3-1-2-4-10-8)7-11-5-6-12-7/h1-4,7,10H,5-6H2. The SMILES string of the molecule is BrC1(C2OCCO2)C=CC=CN1. The van der Waals surface area contributed by atoms with Gasteiger partial charge in [-0.1, -0.05) is 22.0 Å². The lowest BCUT2D eigenvalue weighted by atomic mass is 10.2. The van der Waals surface area contributed by atoms with Gasteiger partial charge in [-0.15, -0.1) is 0 Å². The average molecular weight is 232 g/mol. The van der Waals surface area contributed by atoms with E-state index in [0.717, 1.165) is 0 Å². The van der Waals surface area contributed by atoms with Crippen molar-refractivity contribution in [2.75, 3.05) is 13.2 Å². The van der Waals surface area contributed by atoms with Crippen LogP contribution < -0.4 is 5.32 Å². The molecule has 66 valence electrons. The van der Waals surface area contributed by atoms with Crippen LogP contribution in [-0.4, -0.2) is 24.0 Å². The first-order chi connectivity index (χ1) is 5.81. The fraction of sp³-hybridized carbons (Fsp3) is 0.500. The molecule has 0 aromatic heterocycles. The highest BCUT2D eigenvalue weighted by Crippen LogP contribution is 2.28. The van der Waals surface area contributed by atoms with E-state index in [4.69, 9.17) is 9.47 Å². The highest BCUT2D eigenvalue weighted by atomic mass is 79.9. The largest absolute Gasteiger partial charge is 0.369 e. The van der Waals surface area contributed by atoms with Crippen LogP contribution in [-0.2, 0) is 9.47 Å². The molecule has 4 heteroatoms. The molecule has 1 N–H and O–H groups in total. The molecule has 1 atom stereocenters. The summed E-state index contributed by atoms with van der Waals surface area (Å²) in [6, 6.07) is 0. The lowest BCUT2D eigenvalue weighted by Gasteiger charge is -2.30. The number of hydrogen-bond donors (Lipinski definition) is 1. The van der Waals surface area contributed by atoms with Gasteiger partial charge < -0.3 is 14.8 Å². The van der Waals surface area contributed by atoms with Crippen molar-refractivity contribution in [1.82, 2.24) is 5.32 Å². The average Bonchev–Trinajstić information content (AvgIpc) is 2.58. The predicted octanol–water partition coefficient (Wildman–Crippen LogP) is 1.12. The minimum absolute atomic E-state index is 0.237. The molecular weight excluding hydrogens is 222 g/mol. The quantitative estimate of drug-likeness (QED) is 0.543.